The second-order valence-electron chi connectivity index (χ2n) is 1.72. The first-order chi connectivity index (χ1) is 4.74. The maximum Gasteiger partial charge on any atom is 0.0685 e. The number of nitrogens with zero attached hydrogens (tertiary/aromatic N) is 1. The van der Waals surface area contributed by atoms with Crippen molar-refractivity contribution in [2.75, 3.05) is 0 Å². The van der Waals surface area contributed by atoms with E-state index < -0.39 is 0 Å². The van der Waals surface area contributed by atoms with Crippen molar-refractivity contribution in [1.82, 2.24) is 4.98 Å². The van der Waals surface area contributed by atoms with Crippen LogP contribution in [0, 0.1) is 7.14 Å². The summed E-state index contributed by atoms with van der Waals surface area (Å²) >= 11 is 10.1. The molecule has 54 valence electrons. The Kier molecular flexibility index (Phi) is 3.65. The number of rotatable bonds is 1. The summed E-state index contributed by atoms with van der Waals surface area (Å²) in [6.45, 7) is 0. The molecule has 0 bridgehead atoms. The van der Waals surface area contributed by atoms with Gasteiger partial charge in [0.05, 0.1) is 11.6 Å². The van der Waals surface area contributed by atoms with Crippen LogP contribution in [0.25, 0.3) is 0 Å². The summed E-state index contributed by atoms with van der Waals surface area (Å²) in [6, 6.07) is 2.06. The van der Waals surface area contributed by atoms with Gasteiger partial charge in [0.2, 0.25) is 0 Å². The monoisotopic (exact) mass is 379 g/mol. The number of halogens is 3. The Labute approximate surface area is 91.8 Å². The van der Waals surface area contributed by atoms with Gasteiger partial charge in [0, 0.05) is 13.3 Å². The molecule has 0 fully saturated rings. The van der Waals surface area contributed by atoms with Gasteiger partial charge in [-0.05, 0) is 51.2 Å². The van der Waals surface area contributed by atoms with Gasteiger partial charge < -0.3 is 0 Å². The lowest BCUT2D eigenvalue weighted by Crippen LogP contribution is -1.89. The zero-order chi connectivity index (χ0) is 7.56. The molecule has 0 aliphatic carbocycles. The minimum atomic E-state index is 0.495. The molecule has 1 aromatic heterocycles. The first-order valence-electron chi connectivity index (χ1n) is 2.60. The molecule has 1 nitrogen and oxygen atoms in total. The summed E-state index contributed by atoms with van der Waals surface area (Å²) in [5.41, 5.74) is 0.961. The van der Waals surface area contributed by atoms with Gasteiger partial charge >= 0.3 is 0 Å². The lowest BCUT2D eigenvalue weighted by molar-refractivity contribution is 1.14. The largest absolute Gasteiger partial charge is 0.258 e. The van der Waals surface area contributed by atoms with Crippen LogP contribution in [0.4, 0.5) is 0 Å². The minimum absolute atomic E-state index is 0.495. The summed E-state index contributed by atoms with van der Waals surface area (Å²) in [5.74, 6) is 0.495. The second kappa shape index (κ2) is 4.06. The standard InChI is InChI=1S/C6H4ClI2N/c7-2-6-5(9)1-4(8)3-10-6/h1,3H,2H2. The molecule has 1 rings (SSSR count). The molecule has 0 saturated carbocycles. The third kappa shape index (κ3) is 2.20. The molecule has 0 aliphatic rings. The Morgan fingerprint density at radius 3 is 2.70 bits per heavy atom. The van der Waals surface area contributed by atoms with Crippen LogP contribution in [-0.4, -0.2) is 4.98 Å². The SMILES string of the molecule is ClCc1ncc(I)cc1I. The summed E-state index contributed by atoms with van der Waals surface area (Å²) in [7, 11) is 0. The highest BCUT2D eigenvalue weighted by molar-refractivity contribution is 14.1. The fourth-order valence-corrected chi connectivity index (χ4v) is 2.69. The normalized spacial score (nSPS) is 9.90. The molecule has 1 heterocycles. The van der Waals surface area contributed by atoms with Crippen LogP contribution in [0.1, 0.15) is 5.69 Å². The molecule has 0 radical (unpaired) electrons. The summed E-state index contributed by atoms with van der Waals surface area (Å²) < 4.78 is 2.29. The fraction of sp³-hybridized carbons (Fsp3) is 0.167. The van der Waals surface area contributed by atoms with Crippen LogP contribution in [0.15, 0.2) is 12.3 Å². The molecule has 0 amide bonds. The van der Waals surface area contributed by atoms with E-state index in [4.69, 9.17) is 11.6 Å². The van der Waals surface area contributed by atoms with Crippen molar-refractivity contribution in [3.8, 4) is 0 Å². The van der Waals surface area contributed by atoms with E-state index in [1.807, 2.05) is 6.20 Å². The number of aromatic nitrogens is 1. The van der Waals surface area contributed by atoms with Gasteiger partial charge in [0.15, 0.2) is 0 Å². The minimum Gasteiger partial charge on any atom is -0.258 e. The van der Waals surface area contributed by atoms with Crippen LogP contribution < -0.4 is 0 Å². The molecule has 0 spiro atoms. The topological polar surface area (TPSA) is 12.9 Å². The van der Waals surface area contributed by atoms with E-state index >= 15 is 0 Å². The van der Waals surface area contributed by atoms with Crippen molar-refractivity contribution >= 4 is 56.8 Å². The molecule has 0 aliphatic heterocycles. The van der Waals surface area contributed by atoms with Crippen LogP contribution in [0.3, 0.4) is 0 Å². The van der Waals surface area contributed by atoms with Crippen LogP contribution in [0.2, 0.25) is 0 Å². The average molecular weight is 379 g/mol. The van der Waals surface area contributed by atoms with Gasteiger partial charge in [0.25, 0.3) is 0 Å². The number of hydrogen-bond donors (Lipinski definition) is 0. The molecule has 0 saturated heterocycles. The molecule has 0 N–H and O–H groups in total. The molecular weight excluding hydrogens is 375 g/mol. The van der Waals surface area contributed by atoms with Crippen LogP contribution in [0.5, 0.6) is 0 Å². The Morgan fingerprint density at radius 1 is 1.50 bits per heavy atom. The maximum absolute atomic E-state index is 5.61. The Bertz CT molecular complexity index is 239. The number of alkyl halides is 1. The van der Waals surface area contributed by atoms with Crippen molar-refractivity contribution in [2.45, 2.75) is 5.88 Å². The molecule has 4 heteroatoms. The summed E-state index contributed by atoms with van der Waals surface area (Å²) in [5, 5.41) is 0. The van der Waals surface area contributed by atoms with E-state index in [1.165, 1.54) is 0 Å². The molecule has 1 aromatic rings. The zero-order valence-corrected chi connectivity index (χ0v) is 10.0. The van der Waals surface area contributed by atoms with Gasteiger partial charge in [-0.3, -0.25) is 4.98 Å². The summed E-state index contributed by atoms with van der Waals surface area (Å²) in [4.78, 5) is 4.15. The molecule has 0 atom stereocenters. The predicted molar refractivity (Wildman–Crippen MR) is 59.2 cm³/mol. The van der Waals surface area contributed by atoms with Crippen molar-refractivity contribution < 1.29 is 0 Å². The van der Waals surface area contributed by atoms with Crippen LogP contribution >= 0.6 is 56.8 Å². The lowest BCUT2D eigenvalue weighted by atomic mass is 10.4. The highest BCUT2D eigenvalue weighted by Gasteiger charge is 1.98. The first kappa shape index (κ1) is 8.99. The van der Waals surface area contributed by atoms with E-state index in [9.17, 15) is 0 Å². The highest BCUT2D eigenvalue weighted by Crippen LogP contribution is 2.14. The molecule has 0 aromatic carbocycles. The third-order valence-electron chi connectivity index (χ3n) is 1.01. The van der Waals surface area contributed by atoms with Crippen LogP contribution in [-0.2, 0) is 5.88 Å². The maximum atomic E-state index is 5.61. The van der Waals surface area contributed by atoms with E-state index in [1.54, 1.807) is 0 Å². The Hall–Kier alpha value is 0.900. The van der Waals surface area contributed by atoms with E-state index in [0.717, 1.165) is 12.8 Å². The lowest BCUT2D eigenvalue weighted by Gasteiger charge is -1.97. The van der Waals surface area contributed by atoms with E-state index in [2.05, 4.69) is 56.2 Å². The van der Waals surface area contributed by atoms with Gasteiger partial charge in [-0.25, -0.2) is 0 Å². The zero-order valence-electron chi connectivity index (χ0n) is 4.94. The fourth-order valence-electron chi connectivity index (χ4n) is 0.541. The van der Waals surface area contributed by atoms with E-state index in [0.29, 0.717) is 5.88 Å². The molecular formula is C6H4ClI2N. The van der Waals surface area contributed by atoms with Crippen molar-refractivity contribution in [3.63, 3.8) is 0 Å². The number of pyridine rings is 1. The molecule has 10 heavy (non-hydrogen) atoms. The van der Waals surface area contributed by atoms with E-state index in [-0.39, 0.29) is 0 Å². The number of hydrogen-bond acceptors (Lipinski definition) is 1. The Morgan fingerprint density at radius 2 is 2.20 bits per heavy atom. The van der Waals surface area contributed by atoms with Crippen molar-refractivity contribution in [2.24, 2.45) is 0 Å². The third-order valence-corrected chi connectivity index (χ3v) is 2.79. The van der Waals surface area contributed by atoms with Gasteiger partial charge in [-0.1, -0.05) is 0 Å². The Balaban J connectivity index is 3.07. The van der Waals surface area contributed by atoms with Crippen molar-refractivity contribution in [3.05, 3.63) is 25.1 Å². The van der Waals surface area contributed by atoms with Crippen molar-refractivity contribution in [1.29, 1.82) is 0 Å². The smallest absolute Gasteiger partial charge is 0.0685 e. The first-order valence-corrected chi connectivity index (χ1v) is 5.29. The quantitative estimate of drug-likeness (QED) is 0.540. The predicted octanol–water partition coefficient (Wildman–Crippen LogP) is 3.03. The molecule has 0 unspecified atom stereocenters. The highest BCUT2D eigenvalue weighted by atomic mass is 127. The summed E-state index contributed by atoms with van der Waals surface area (Å²) in [6.07, 6.45) is 1.82. The average Bonchev–Trinajstić information content (AvgIpc) is 1.88. The van der Waals surface area contributed by atoms with Gasteiger partial charge in [-0.15, -0.1) is 11.6 Å². The van der Waals surface area contributed by atoms with Gasteiger partial charge in [0.1, 0.15) is 0 Å². The van der Waals surface area contributed by atoms with Gasteiger partial charge in [-0.2, -0.15) is 0 Å². The second-order valence-corrected chi connectivity index (χ2v) is 4.39.